The molecule has 1 saturated heterocycles. The van der Waals surface area contributed by atoms with Crippen LogP contribution in [0.2, 0.25) is 0 Å². The number of phenols is 1. The zero-order valence-electron chi connectivity index (χ0n) is 12.1. The van der Waals surface area contributed by atoms with Crippen molar-refractivity contribution in [3.05, 3.63) is 64.3 Å². The molecule has 0 aromatic heterocycles. The van der Waals surface area contributed by atoms with Crippen LogP contribution < -0.4 is 4.90 Å². The molecular formula is C17H12FNO2S2. The number of benzene rings is 2. The number of anilines is 1. The molecule has 1 N–H and O–H groups in total. The van der Waals surface area contributed by atoms with E-state index in [9.17, 15) is 14.3 Å². The van der Waals surface area contributed by atoms with Gasteiger partial charge in [0.25, 0.3) is 5.91 Å². The number of amides is 1. The van der Waals surface area contributed by atoms with Gasteiger partial charge in [-0.3, -0.25) is 9.69 Å². The van der Waals surface area contributed by atoms with Gasteiger partial charge in [-0.25, -0.2) is 4.39 Å². The Morgan fingerprint density at radius 1 is 1.26 bits per heavy atom. The van der Waals surface area contributed by atoms with Crippen LogP contribution in [-0.4, -0.2) is 15.3 Å². The molecule has 2 aromatic rings. The van der Waals surface area contributed by atoms with Crippen LogP contribution >= 0.6 is 24.0 Å². The number of thioether (sulfide) groups is 1. The third-order valence-corrected chi connectivity index (χ3v) is 4.68. The van der Waals surface area contributed by atoms with Gasteiger partial charge in [-0.15, -0.1) is 0 Å². The highest BCUT2D eigenvalue weighted by Gasteiger charge is 2.33. The van der Waals surface area contributed by atoms with E-state index < -0.39 is 5.82 Å². The lowest BCUT2D eigenvalue weighted by Gasteiger charge is -2.14. The van der Waals surface area contributed by atoms with Gasteiger partial charge in [-0.05, 0) is 54.5 Å². The fraction of sp³-hybridized carbons (Fsp3) is 0.0588. The van der Waals surface area contributed by atoms with E-state index in [1.807, 2.05) is 0 Å². The molecule has 1 fully saturated rings. The third kappa shape index (κ3) is 3.13. The van der Waals surface area contributed by atoms with Crippen LogP contribution in [0.1, 0.15) is 11.1 Å². The summed E-state index contributed by atoms with van der Waals surface area (Å²) in [5.74, 6) is -0.500. The van der Waals surface area contributed by atoms with Gasteiger partial charge in [0.05, 0.1) is 10.6 Å². The largest absolute Gasteiger partial charge is 0.508 e. The monoisotopic (exact) mass is 345 g/mol. The van der Waals surface area contributed by atoms with Gasteiger partial charge in [0.15, 0.2) is 4.32 Å². The van der Waals surface area contributed by atoms with Gasteiger partial charge in [0, 0.05) is 0 Å². The molecule has 1 aliphatic rings. The summed E-state index contributed by atoms with van der Waals surface area (Å²) < 4.78 is 13.7. The highest BCUT2D eigenvalue weighted by Crippen LogP contribution is 2.36. The van der Waals surface area contributed by atoms with E-state index in [1.165, 1.54) is 34.9 Å². The zero-order chi connectivity index (χ0) is 16.6. The van der Waals surface area contributed by atoms with E-state index in [-0.39, 0.29) is 11.7 Å². The smallest absolute Gasteiger partial charge is 0.270 e. The number of carbonyl (C=O) groups is 1. The maximum Gasteiger partial charge on any atom is 0.270 e. The second-order valence-corrected chi connectivity index (χ2v) is 6.72. The Labute approximate surface area is 142 Å². The van der Waals surface area contributed by atoms with Crippen molar-refractivity contribution in [3.8, 4) is 5.75 Å². The van der Waals surface area contributed by atoms with E-state index in [0.717, 1.165) is 11.1 Å². The average Bonchev–Trinajstić information content (AvgIpc) is 2.77. The Kier molecular flexibility index (Phi) is 4.19. The van der Waals surface area contributed by atoms with Gasteiger partial charge in [0.1, 0.15) is 11.6 Å². The van der Waals surface area contributed by atoms with E-state index in [0.29, 0.717) is 14.9 Å². The summed E-state index contributed by atoms with van der Waals surface area (Å²) in [6.45, 7) is 1.78. The highest BCUT2D eigenvalue weighted by atomic mass is 32.2. The lowest BCUT2D eigenvalue weighted by molar-refractivity contribution is -0.113. The molecule has 1 heterocycles. The average molecular weight is 345 g/mol. The number of hydrogen-bond acceptors (Lipinski definition) is 4. The first kappa shape index (κ1) is 15.7. The Morgan fingerprint density at radius 3 is 2.74 bits per heavy atom. The quantitative estimate of drug-likeness (QED) is 0.653. The second kappa shape index (κ2) is 6.14. The molecule has 2 aromatic carbocycles. The first-order valence-electron chi connectivity index (χ1n) is 6.79. The maximum atomic E-state index is 13.4. The number of nitrogens with zero attached hydrogens (tertiary/aromatic N) is 1. The second-order valence-electron chi connectivity index (χ2n) is 5.04. The van der Waals surface area contributed by atoms with Crippen LogP contribution in [0.15, 0.2) is 47.4 Å². The van der Waals surface area contributed by atoms with Crippen LogP contribution in [0, 0.1) is 12.7 Å². The predicted octanol–water partition coefficient (Wildman–Crippen LogP) is 4.25. The molecule has 0 saturated carbocycles. The minimum absolute atomic E-state index is 0.203. The van der Waals surface area contributed by atoms with E-state index in [4.69, 9.17) is 12.2 Å². The molecule has 0 unspecified atom stereocenters. The van der Waals surface area contributed by atoms with Crippen LogP contribution in [0.5, 0.6) is 5.75 Å². The predicted molar refractivity (Wildman–Crippen MR) is 94.9 cm³/mol. The van der Waals surface area contributed by atoms with Crippen LogP contribution in [0.3, 0.4) is 0 Å². The molecule has 0 spiro atoms. The summed E-state index contributed by atoms with van der Waals surface area (Å²) >= 11 is 6.42. The molecule has 1 aliphatic heterocycles. The minimum atomic E-state index is -0.422. The van der Waals surface area contributed by atoms with Gasteiger partial charge < -0.3 is 5.11 Å². The minimum Gasteiger partial charge on any atom is -0.508 e. The van der Waals surface area contributed by atoms with E-state index in [2.05, 4.69) is 0 Å². The number of hydrogen-bond donors (Lipinski definition) is 1. The van der Waals surface area contributed by atoms with Crippen molar-refractivity contribution in [1.29, 1.82) is 0 Å². The molecule has 0 atom stereocenters. The standard InChI is InChI=1S/C17H12FNO2S2/c1-10-7-11(5-6-14(10)20)8-15-16(21)19(17(22)23-15)13-4-2-3-12(18)9-13/h2-9,20H,1H3/b15-8-. The molecule has 3 nitrogen and oxygen atoms in total. The number of aromatic hydroxyl groups is 1. The zero-order valence-corrected chi connectivity index (χ0v) is 13.7. The maximum absolute atomic E-state index is 13.4. The van der Waals surface area contributed by atoms with Gasteiger partial charge in [-0.1, -0.05) is 36.1 Å². The SMILES string of the molecule is Cc1cc(/C=C2\SC(=S)N(c3cccc(F)c3)C2=O)ccc1O. The molecule has 0 aliphatic carbocycles. The van der Waals surface area contributed by atoms with Crippen molar-refractivity contribution in [2.24, 2.45) is 0 Å². The summed E-state index contributed by atoms with van der Waals surface area (Å²) in [6.07, 6.45) is 1.71. The van der Waals surface area contributed by atoms with Crippen molar-refractivity contribution in [1.82, 2.24) is 0 Å². The van der Waals surface area contributed by atoms with Crippen LogP contribution in [0.25, 0.3) is 6.08 Å². The number of rotatable bonds is 2. The Hall–Kier alpha value is -2.18. The van der Waals surface area contributed by atoms with Gasteiger partial charge in [-0.2, -0.15) is 0 Å². The lowest BCUT2D eigenvalue weighted by atomic mass is 10.1. The molecule has 116 valence electrons. The van der Waals surface area contributed by atoms with E-state index >= 15 is 0 Å². The molecule has 6 heteroatoms. The molecule has 0 radical (unpaired) electrons. The summed E-state index contributed by atoms with van der Waals surface area (Å²) in [5.41, 5.74) is 1.93. The Morgan fingerprint density at radius 2 is 2.04 bits per heavy atom. The first-order chi connectivity index (χ1) is 11.0. The van der Waals surface area contributed by atoms with Gasteiger partial charge >= 0.3 is 0 Å². The molecule has 3 rings (SSSR count). The Bertz CT molecular complexity index is 848. The summed E-state index contributed by atoms with van der Waals surface area (Å²) in [5, 5.41) is 9.56. The van der Waals surface area contributed by atoms with Gasteiger partial charge in [0.2, 0.25) is 0 Å². The number of carbonyl (C=O) groups excluding carboxylic acids is 1. The number of thiocarbonyl (C=S) groups is 1. The van der Waals surface area contributed by atoms with Crippen molar-refractivity contribution in [3.63, 3.8) is 0 Å². The summed E-state index contributed by atoms with van der Waals surface area (Å²) in [7, 11) is 0. The van der Waals surface area contributed by atoms with Crippen molar-refractivity contribution >= 4 is 46.0 Å². The fourth-order valence-electron chi connectivity index (χ4n) is 2.23. The topological polar surface area (TPSA) is 40.5 Å². The van der Waals surface area contributed by atoms with Crippen molar-refractivity contribution in [2.75, 3.05) is 4.90 Å². The number of halogens is 1. The van der Waals surface area contributed by atoms with Crippen LogP contribution in [0.4, 0.5) is 10.1 Å². The van der Waals surface area contributed by atoms with Crippen molar-refractivity contribution in [2.45, 2.75) is 6.92 Å². The van der Waals surface area contributed by atoms with Crippen molar-refractivity contribution < 1.29 is 14.3 Å². The molecular weight excluding hydrogens is 333 g/mol. The lowest BCUT2D eigenvalue weighted by Crippen LogP contribution is -2.27. The molecule has 23 heavy (non-hydrogen) atoms. The fourth-order valence-corrected chi connectivity index (χ4v) is 3.52. The first-order valence-corrected chi connectivity index (χ1v) is 8.01. The number of phenolic OH excluding ortho intramolecular Hbond substituents is 1. The van der Waals surface area contributed by atoms with Crippen LogP contribution in [-0.2, 0) is 4.79 Å². The molecule has 0 bridgehead atoms. The summed E-state index contributed by atoms with van der Waals surface area (Å²) in [6, 6.07) is 10.8. The highest BCUT2D eigenvalue weighted by molar-refractivity contribution is 8.27. The van der Waals surface area contributed by atoms with E-state index in [1.54, 1.807) is 37.3 Å². The Balaban J connectivity index is 1.94. The number of aryl methyl sites for hydroxylation is 1. The summed E-state index contributed by atoms with van der Waals surface area (Å²) in [4.78, 5) is 14.3. The molecule has 1 amide bonds. The third-order valence-electron chi connectivity index (χ3n) is 3.38. The normalized spacial score (nSPS) is 16.4.